The Morgan fingerprint density at radius 2 is 2.00 bits per heavy atom. The van der Waals surface area contributed by atoms with Gasteiger partial charge in [-0.3, -0.25) is 10.1 Å². The molecule has 1 aliphatic rings. The number of benzene rings is 1. The Hall–Kier alpha value is -1.67. The lowest BCUT2D eigenvalue weighted by Gasteiger charge is -2.23. The fourth-order valence-electron chi connectivity index (χ4n) is 2.55. The Bertz CT molecular complexity index is 651. The van der Waals surface area contributed by atoms with Gasteiger partial charge in [0.05, 0.1) is 21.1 Å². The molecule has 0 aliphatic heterocycles. The van der Waals surface area contributed by atoms with Crippen LogP contribution in [0.15, 0.2) is 23.1 Å². The minimum absolute atomic E-state index is 0.127. The van der Waals surface area contributed by atoms with Crippen LogP contribution in [0.3, 0.4) is 0 Å². The predicted octanol–water partition coefficient (Wildman–Crippen LogP) is 1.72. The molecule has 1 aliphatic carbocycles. The van der Waals surface area contributed by atoms with Crippen molar-refractivity contribution in [2.75, 3.05) is 18.1 Å². The van der Waals surface area contributed by atoms with Crippen molar-refractivity contribution in [2.24, 2.45) is 0 Å². The summed E-state index contributed by atoms with van der Waals surface area (Å²) < 4.78 is 23.6. The zero-order chi connectivity index (χ0) is 15.7. The molecular formula is C13H18N2O5S. The monoisotopic (exact) mass is 314 g/mol. The van der Waals surface area contributed by atoms with Crippen LogP contribution in [0.1, 0.15) is 25.7 Å². The molecule has 21 heavy (non-hydrogen) atoms. The van der Waals surface area contributed by atoms with E-state index >= 15 is 0 Å². The molecule has 0 atom stereocenters. The van der Waals surface area contributed by atoms with E-state index in [1.807, 2.05) is 0 Å². The summed E-state index contributed by atoms with van der Waals surface area (Å²) in [7, 11) is -3.60. The molecule has 0 bridgehead atoms. The van der Waals surface area contributed by atoms with Gasteiger partial charge in [-0.25, -0.2) is 8.42 Å². The number of nitrogens with one attached hydrogen (secondary N) is 1. The molecule has 0 saturated heterocycles. The molecule has 1 aromatic carbocycles. The summed E-state index contributed by atoms with van der Waals surface area (Å²) >= 11 is 0. The Morgan fingerprint density at radius 3 is 2.52 bits per heavy atom. The Balaban J connectivity index is 2.28. The molecule has 116 valence electrons. The zero-order valence-corrected chi connectivity index (χ0v) is 12.5. The normalized spacial score (nSPS) is 17.6. The van der Waals surface area contributed by atoms with Gasteiger partial charge in [-0.2, -0.15) is 0 Å². The quantitative estimate of drug-likeness (QED) is 0.632. The Kier molecular flexibility index (Phi) is 4.20. The van der Waals surface area contributed by atoms with Gasteiger partial charge in [0.25, 0.3) is 5.69 Å². The Labute approximate surface area is 123 Å². The third-order valence-electron chi connectivity index (χ3n) is 3.72. The van der Waals surface area contributed by atoms with Crippen molar-refractivity contribution >= 4 is 21.2 Å². The van der Waals surface area contributed by atoms with Crippen molar-refractivity contribution in [1.29, 1.82) is 0 Å². The summed E-state index contributed by atoms with van der Waals surface area (Å²) in [5.41, 5.74) is -0.833. The molecule has 1 saturated carbocycles. The van der Waals surface area contributed by atoms with Crippen LogP contribution in [-0.2, 0) is 9.84 Å². The van der Waals surface area contributed by atoms with Gasteiger partial charge in [-0.05, 0) is 18.9 Å². The van der Waals surface area contributed by atoms with Crippen LogP contribution in [0.5, 0.6) is 0 Å². The fourth-order valence-corrected chi connectivity index (χ4v) is 3.42. The first kappa shape index (κ1) is 15.7. The van der Waals surface area contributed by atoms with E-state index in [1.165, 1.54) is 12.1 Å². The van der Waals surface area contributed by atoms with Crippen molar-refractivity contribution < 1.29 is 18.4 Å². The molecule has 2 rings (SSSR count). The number of rotatable bonds is 5. The van der Waals surface area contributed by atoms with Gasteiger partial charge in [-0.15, -0.1) is 0 Å². The largest absolute Gasteiger partial charge is 0.388 e. The van der Waals surface area contributed by atoms with E-state index in [1.54, 1.807) is 0 Å². The van der Waals surface area contributed by atoms with Crippen LogP contribution in [0, 0.1) is 10.1 Å². The highest BCUT2D eigenvalue weighted by atomic mass is 32.2. The van der Waals surface area contributed by atoms with Crippen molar-refractivity contribution in [3.8, 4) is 0 Å². The SMILES string of the molecule is CS(=O)(=O)c1cc([N+](=O)[O-])ccc1NCC1(O)CCCC1. The van der Waals surface area contributed by atoms with Gasteiger partial charge in [0.1, 0.15) is 0 Å². The second-order valence-corrected chi connectivity index (χ2v) is 7.48. The minimum atomic E-state index is -3.60. The maximum Gasteiger partial charge on any atom is 0.270 e. The van der Waals surface area contributed by atoms with Crippen LogP contribution < -0.4 is 5.32 Å². The smallest absolute Gasteiger partial charge is 0.270 e. The molecule has 8 heteroatoms. The maximum absolute atomic E-state index is 11.8. The third kappa shape index (κ3) is 3.70. The zero-order valence-electron chi connectivity index (χ0n) is 11.7. The van der Waals surface area contributed by atoms with Crippen LogP contribution in [0.2, 0.25) is 0 Å². The summed E-state index contributed by atoms with van der Waals surface area (Å²) in [5, 5.41) is 23.9. The number of sulfone groups is 1. The summed E-state index contributed by atoms with van der Waals surface area (Å²) in [6.45, 7) is 0.229. The molecule has 7 nitrogen and oxygen atoms in total. The second-order valence-electron chi connectivity index (χ2n) is 5.49. The lowest BCUT2D eigenvalue weighted by molar-refractivity contribution is -0.385. The second kappa shape index (κ2) is 5.61. The number of anilines is 1. The van der Waals surface area contributed by atoms with E-state index in [2.05, 4.69) is 5.32 Å². The lowest BCUT2D eigenvalue weighted by Crippen LogP contribution is -2.33. The molecule has 1 fully saturated rings. The molecule has 0 spiro atoms. The van der Waals surface area contributed by atoms with Gasteiger partial charge in [0.2, 0.25) is 0 Å². The van der Waals surface area contributed by atoms with Crippen molar-refractivity contribution in [3.05, 3.63) is 28.3 Å². The number of nitrogens with zero attached hydrogens (tertiary/aromatic N) is 1. The number of nitro groups is 1. The number of non-ortho nitro benzene ring substituents is 1. The topological polar surface area (TPSA) is 110 Å². The number of hydrogen-bond acceptors (Lipinski definition) is 6. The number of hydrogen-bond donors (Lipinski definition) is 2. The van der Waals surface area contributed by atoms with Crippen LogP contribution >= 0.6 is 0 Å². The third-order valence-corrected chi connectivity index (χ3v) is 4.85. The van der Waals surface area contributed by atoms with Crippen LogP contribution in [0.4, 0.5) is 11.4 Å². The standard InChI is InChI=1S/C13H18N2O5S/c1-21(19,20)12-8-10(15(17)18)4-5-11(12)14-9-13(16)6-2-3-7-13/h4-5,8,14,16H,2-3,6-7,9H2,1H3. The molecular weight excluding hydrogens is 296 g/mol. The number of nitro benzene ring substituents is 1. The first-order valence-corrected chi connectivity index (χ1v) is 8.55. The highest BCUT2D eigenvalue weighted by Gasteiger charge is 2.31. The highest BCUT2D eigenvalue weighted by Crippen LogP contribution is 2.31. The van der Waals surface area contributed by atoms with Crippen LogP contribution in [0.25, 0.3) is 0 Å². The number of aliphatic hydroxyl groups is 1. The summed E-state index contributed by atoms with van der Waals surface area (Å²) in [4.78, 5) is 10.00. The van der Waals surface area contributed by atoms with Crippen LogP contribution in [-0.4, -0.2) is 36.8 Å². The van der Waals surface area contributed by atoms with E-state index in [4.69, 9.17) is 0 Å². The molecule has 0 heterocycles. The molecule has 2 N–H and O–H groups in total. The average molecular weight is 314 g/mol. The van der Waals surface area contributed by atoms with Crippen molar-refractivity contribution in [2.45, 2.75) is 36.2 Å². The average Bonchev–Trinajstić information content (AvgIpc) is 2.82. The molecule has 1 aromatic rings. The van der Waals surface area contributed by atoms with E-state index in [9.17, 15) is 23.6 Å². The minimum Gasteiger partial charge on any atom is -0.388 e. The highest BCUT2D eigenvalue weighted by molar-refractivity contribution is 7.90. The summed E-state index contributed by atoms with van der Waals surface area (Å²) in [6, 6.07) is 3.65. The van der Waals surface area contributed by atoms with E-state index < -0.39 is 20.4 Å². The summed E-state index contributed by atoms with van der Waals surface area (Å²) in [5.74, 6) is 0. The van der Waals surface area contributed by atoms with Crippen molar-refractivity contribution in [1.82, 2.24) is 0 Å². The predicted molar refractivity (Wildman–Crippen MR) is 78.1 cm³/mol. The summed E-state index contributed by atoms with van der Waals surface area (Å²) in [6.07, 6.45) is 4.22. The van der Waals surface area contributed by atoms with E-state index in [0.717, 1.165) is 25.2 Å². The Morgan fingerprint density at radius 1 is 1.38 bits per heavy atom. The van der Waals surface area contributed by atoms with Gasteiger partial charge >= 0.3 is 0 Å². The van der Waals surface area contributed by atoms with Crippen molar-refractivity contribution in [3.63, 3.8) is 0 Å². The first-order valence-electron chi connectivity index (χ1n) is 6.66. The van der Waals surface area contributed by atoms with E-state index in [0.29, 0.717) is 12.8 Å². The lowest BCUT2D eigenvalue weighted by atomic mass is 10.0. The van der Waals surface area contributed by atoms with Gasteiger partial charge < -0.3 is 10.4 Å². The molecule has 0 aromatic heterocycles. The molecule has 0 amide bonds. The van der Waals surface area contributed by atoms with Gasteiger partial charge in [-0.1, -0.05) is 12.8 Å². The van der Waals surface area contributed by atoms with Gasteiger partial charge in [0.15, 0.2) is 9.84 Å². The molecule has 0 radical (unpaired) electrons. The maximum atomic E-state index is 11.8. The fraction of sp³-hybridized carbons (Fsp3) is 0.538. The molecule has 0 unspecified atom stereocenters. The first-order chi connectivity index (χ1) is 9.71. The van der Waals surface area contributed by atoms with E-state index in [-0.39, 0.29) is 22.8 Å². The van der Waals surface area contributed by atoms with Gasteiger partial charge in [0, 0.05) is 24.9 Å².